The van der Waals surface area contributed by atoms with Crippen molar-refractivity contribution in [3.8, 4) is 6.07 Å². The normalized spacial score (nSPS) is 23.7. The van der Waals surface area contributed by atoms with E-state index in [1.165, 1.54) is 10.4 Å². The first kappa shape index (κ1) is 14.9. The van der Waals surface area contributed by atoms with Gasteiger partial charge in [-0.2, -0.15) is 9.57 Å². The van der Waals surface area contributed by atoms with Gasteiger partial charge < -0.3 is 5.73 Å². The zero-order valence-electron chi connectivity index (χ0n) is 11.1. The lowest BCUT2D eigenvalue weighted by Gasteiger charge is -2.22. The second-order valence-electron chi connectivity index (χ2n) is 5.36. The van der Waals surface area contributed by atoms with Crippen molar-refractivity contribution in [2.24, 2.45) is 11.1 Å². The first-order valence-corrected chi connectivity index (χ1v) is 7.66. The Hall–Kier alpha value is -1.49. The highest BCUT2D eigenvalue weighted by molar-refractivity contribution is 7.89. The molecule has 0 saturated carbocycles. The molecule has 20 heavy (non-hydrogen) atoms. The molecule has 108 valence electrons. The molecule has 0 spiro atoms. The lowest BCUT2D eigenvalue weighted by atomic mass is 9.90. The predicted octanol–water partition coefficient (Wildman–Crippen LogP) is 1.06. The Morgan fingerprint density at radius 3 is 2.80 bits per heavy atom. The summed E-state index contributed by atoms with van der Waals surface area (Å²) < 4.78 is 39.5. The van der Waals surface area contributed by atoms with Gasteiger partial charge in [-0.1, -0.05) is 6.92 Å². The van der Waals surface area contributed by atoms with Crippen LogP contribution in [0.5, 0.6) is 0 Å². The van der Waals surface area contributed by atoms with Crippen molar-refractivity contribution >= 4 is 10.0 Å². The lowest BCUT2D eigenvalue weighted by Crippen LogP contribution is -2.34. The number of nitrogens with two attached hydrogens (primary N) is 1. The second-order valence-corrected chi connectivity index (χ2v) is 7.29. The third-order valence-corrected chi connectivity index (χ3v) is 5.55. The van der Waals surface area contributed by atoms with Crippen LogP contribution in [0.3, 0.4) is 0 Å². The standard InChI is InChI=1S/C13H16FN3O2S/c1-13(8-16)4-5-17(9-13)20(18,19)11-2-3-12(14)10(6-11)7-15/h2-3,6H,4-5,8-9,16H2,1H3. The van der Waals surface area contributed by atoms with E-state index in [0.717, 1.165) is 12.1 Å². The third-order valence-electron chi connectivity index (χ3n) is 3.71. The van der Waals surface area contributed by atoms with E-state index in [1.807, 2.05) is 6.92 Å². The second kappa shape index (κ2) is 5.13. The number of hydrogen-bond donors (Lipinski definition) is 1. The highest BCUT2D eigenvalue weighted by Crippen LogP contribution is 2.32. The highest BCUT2D eigenvalue weighted by atomic mass is 32.2. The molecule has 7 heteroatoms. The van der Waals surface area contributed by atoms with Crippen molar-refractivity contribution in [1.29, 1.82) is 5.26 Å². The largest absolute Gasteiger partial charge is 0.330 e. The Balaban J connectivity index is 2.35. The van der Waals surface area contributed by atoms with Gasteiger partial charge in [-0.15, -0.1) is 0 Å². The minimum absolute atomic E-state index is 0.0586. The average molecular weight is 297 g/mol. The van der Waals surface area contributed by atoms with Crippen LogP contribution in [0.15, 0.2) is 23.1 Å². The summed E-state index contributed by atoms with van der Waals surface area (Å²) in [5.41, 5.74) is 5.16. The number of nitrogens with zero attached hydrogens (tertiary/aromatic N) is 2. The molecule has 2 rings (SSSR count). The van der Waals surface area contributed by atoms with E-state index in [4.69, 9.17) is 11.0 Å². The van der Waals surface area contributed by atoms with Gasteiger partial charge >= 0.3 is 0 Å². The van der Waals surface area contributed by atoms with Gasteiger partial charge in [0.05, 0.1) is 10.5 Å². The van der Waals surface area contributed by atoms with Crippen LogP contribution in [0, 0.1) is 22.6 Å². The fourth-order valence-electron chi connectivity index (χ4n) is 2.25. The lowest BCUT2D eigenvalue weighted by molar-refractivity contribution is 0.349. The van der Waals surface area contributed by atoms with Gasteiger partial charge in [0.15, 0.2) is 0 Å². The van der Waals surface area contributed by atoms with Crippen molar-refractivity contribution in [3.05, 3.63) is 29.6 Å². The summed E-state index contributed by atoms with van der Waals surface area (Å²) in [5.74, 6) is -0.723. The van der Waals surface area contributed by atoms with Crippen molar-refractivity contribution < 1.29 is 12.8 Å². The quantitative estimate of drug-likeness (QED) is 0.903. The maximum atomic E-state index is 13.3. The minimum atomic E-state index is -3.71. The van der Waals surface area contributed by atoms with E-state index in [2.05, 4.69) is 0 Å². The van der Waals surface area contributed by atoms with Crippen LogP contribution in [0.2, 0.25) is 0 Å². The number of rotatable bonds is 3. The van der Waals surface area contributed by atoms with E-state index < -0.39 is 15.8 Å². The van der Waals surface area contributed by atoms with Gasteiger partial charge in [-0.25, -0.2) is 12.8 Å². The molecule has 1 unspecified atom stereocenters. The molecule has 0 aliphatic carbocycles. The molecule has 5 nitrogen and oxygen atoms in total. The first-order valence-electron chi connectivity index (χ1n) is 6.22. The Morgan fingerprint density at radius 2 is 2.25 bits per heavy atom. The fraction of sp³-hybridized carbons (Fsp3) is 0.462. The molecular weight excluding hydrogens is 281 g/mol. The number of hydrogen-bond acceptors (Lipinski definition) is 4. The molecule has 1 aliphatic rings. The molecule has 0 aromatic heterocycles. The molecule has 1 aliphatic heterocycles. The van der Waals surface area contributed by atoms with Crippen molar-refractivity contribution in [3.63, 3.8) is 0 Å². The number of sulfonamides is 1. The number of nitriles is 1. The Kier molecular flexibility index (Phi) is 3.82. The van der Waals surface area contributed by atoms with Crippen LogP contribution in [-0.4, -0.2) is 32.4 Å². The summed E-state index contributed by atoms with van der Waals surface area (Å²) in [6.07, 6.45) is 0.690. The molecule has 1 aromatic carbocycles. The molecule has 0 amide bonds. The number of halogens is 1. The van der Waals surface area contributed by atoms with Crippen LogP contribution in [0.25, 0.3) is 0 Å². The topological polar surface area (TPSA) is 87.2 Å². The van der Waals surface area contributed by atoms with Crippen LogP contribution in [0.1, 0.15) is 18.9 Å². The molecule has 0 radical (unpaired) electrons. The molecule has 1 fully saturated rings. The van der Waals surface area contributed by atoms with Gasteiger partial charge in [0.2, 0.25) is 10.0 Å². The maximum Gasteiger partial charge on any atom is 0.243 e. The van der Waals surface area contributed by atoms with Gasteiger partial charge in [-0.05, 0) is 36.6 Å². The molecule has 2 N–H and O–H groups in total. The van der Waals surface area contributed by atoms with Crippen molar-refractivity contribution in [2.45, 2.75) is 18.2 Å². The first-order chi connectivity index (χ1) is 9.32. The zero-order chi connectivity index (χ0) is 15.0. The molecule has 1 saturated heterocycles. The van der Waals surface area contributed by atoms with E-state index in [1.54, 1.807) is 6.07 Å². The predicted molar refractivity (Wildman–Crippen MR) is 71.7 cm³/mol. The van der Waals surface area contributed by atoms with Crippen LogP contribution in [-0.2, 0) is 10.0 Å². The van der Waals surface area contributed by atoms with Crippen LogP contribution >= 0.6 is 0 Å². The van der Waals surface area contributed by atoms with Gasteiger partial charge in [-0.3, -0.25) is 0 Å². The molecule has 1 atom stereocenters. The molecule has 0 bridgehead atoms. The fourth-order valence-corrected chi connectivity index (χ4v) is 3.87. The molecular formula is C13H16FN3O2S. The van der Waals surface area contributed by atoms with E-state index in [9.17, 15) is 12.8 Å². The summed E-state index contributed by atoms with van der Waals surface area (Å²) >= 11 is 0. The number of benzene rings is 1. The van der Waals surface area contributed by atoms with Crippen molar-refractivity contribution in [1.82, 2.24) is 4.31 Å². The smallest absolute Gasteiger partial charge is 0.243 e. The van der Waals surface area contributed by atoms with E-state index in [0.29, 0.717) is 26.1 Å². The SMILES string of the molecule is CC1(CN)CCN(S(=O)(=O)c2ccc(F)c(C#N)c2)C1. The van der Waals surface area contributed by atoms with Gasteiger partial charge in [0.1, 0.15) is 11.9 Å². The summed E-state index contributed by atoms with van der Waals surface area (Å²) in [5, 5.41) is 8.78. The summed E-state index contributed by atoms with van der Waals surface area (Å²) in [4.78, 5) is -0.0586. The zero-order valence-corrected chi connectivity index (χ0v) is 12.0. The Labute approximate surface area is 117 Å². The third kappa shape index (κ3) is 2.54. The van der Waals surface area contributed by atoms with Gasteiger partial charge in [0.25, 0.3) is 0 Å². The minimum Gasteiger partial charge on any atom is -0.330 e. The molecule has 1 aromatic rings. The van der Waals surface area contributed by atoms with Crippen LogP contribution < -0.4 is 5.73 Å². The van der Waals surface area contributed by atoms with Crippen molar-refractivity contribution in [2.75, 3.05) is 19.6 Å². The van der Waals surface area contributed by atoms with E-state index >= 15 is 0 Å². The Morgan fingerprint density at radius 1 is 1.55 bits per heavy atom. The average Bonchev–Trinajstić information content (AvgIpc) is 2.83. The summed E-state index contributed by atoms with van der Waals surface area (Å²) in [6.45, 7) is 3.07. The maximum absolute atomic E-state index is 13.3. The summed E-state index contributed by atoms with van der Waals surface area (Å²) in [7, 11) is -3.71. The molecule has 1 heterocycles. The van der Waals surface area contributed by atoms with Gasteiger partial charge in [0, 0.05) is 13.1 Å². The summed E-state index contributed by atoms with van der Waals surface area (Å²) in [6, 6.07) is 4.91. The van der Waals surface area contributed by atoms with Crippen LogP contribution in [0.4, 0.5) is 4.39 Å². The Bertz CT molecular complexity index is 669. The highest BCUT2D eigenvalue weighted by Gasteiger charge is 2.39. The van der Waals surface area contributed by atoms with E-state index in [-0.39, 0.29) is 15.9 Å². The monoisotopic (exact) mass is 297 g/mol.